The maximum atomic E-state index is 13.2. The first-order valence-corrected chi connectivity index (χ1v) is 9.64. The van der Waals surface area contributed by atoms with Gasteiger partial charge in [0.15, 0.2) is 11.5 Å². The molecule has 0 atom stereocenters. The molecule has 1 fully saturated rings. The first-order valence-electron chi connectivity index (χ1n) is 9.64. The Morgan fingerprint density at radius 2 is 1.59 bits per heavy atom. The van der Waals surface area contributed by atoms with Crippen LogP contribution >= 0.6 is 0 Å². The fraction of sp³-hybridized carbons (Fsp3) is 0.429. The van der Waals surface area contributed by atoms with Gasteiger partial charge in [-0.05, 0) is 45.0 Å². The fourth-order valence-corrected chi connectivity index (χ4v) is 3.42. The zero-order valence-electron chi connectivity index (χ0n) is 16.8. The Hall–Kier alpha value is -2.47. The molecule has 1 aliphatic rings. The highest BCUT2D eigenvalue weighted by molar-refractivity contribution is 5.69. The van der Waals surface area contributed by atoms with Gasteiger partial charge in [0.2, 0.25) is 0 Å². The van der Waals surface area contributed by atoms with Crippen LogP contribution in [0.4, 0.5) is 10.2 Å². The Kier molecular flexibility index (Phi) is 5.75. The molecular formula is C21H28FN5. The largest absolute Gasteiger partial charge is 0.352 e. The number of aryl methyl sites for hydroxylation is 2. The molecule has 4 rings (SSSR count). The fourth-order valence-electron chi connectivity index (χ4n) is 3.42. The third-order valence-electron chi connectivity index (χ3n) is 5.04. The van der Waals surface area contributed by atoms with E-state index in [0.717, 1.165) is 60.2 Å². The molecule has 3 heterocycles. The zero-order chi connectivity index (χ0) is 19.6. The van der Waals surface area contributed by atoms with Crippen molar-refractivity contribution >= 4 is 11.5 Å². The second kappa shape index (κ2) is 8.05. The number of piperazine rings is 1. The van der Waals surface area contributed by atoms with Crippen molar-refractivity contribution in [2.24, 2.45) is 0 Å². The summed E-state index contributed by atoms with van der Waals surface area (Å²) in [6.45, 7) is 14.1. The number of benzene rings is 1. The summed E-state index contributed by atoms with van der Waals surface area (Å²) in [6, 6.07) is 6.47. The molecule has 144 valence electrons. The van der Waals surface area contributed by atoms with Crippen LogP contribution in [0.15, 0.2) is 24.3 Å². The topological polar surface area (TPSA) is 45.5 Å². The van der Waals surface area contributed by atoms with E-state index >= 15 is 0 Å². The maximum Gasteiger partial charge on any atom is 0.157 e. The van der Waals surface area contributed by atoms with Crippen molar-refractivity contribution in [2.45, 2.75) is 34.6 Å². The first kappa shape index (κ1) is 19.3. The number of nitrogens with zero attached hydrogens (tertiary/aromatic N) is 4. The first-order chi connectivity index (χ1) is 13.1. The summed E-state index contributed by atoms with van der Waals surface area (Å²) in [5.74, 6) is 0.786. The van der Waals surface area contributed by atoms with Crippen molar-refractivity contribution < 1.29 is 4.39 Å². The Balaban J connectivity index is 0.00000102. The minimum absolute atomic E-state index is 0.240. The van der Waals surface area contributed by atoms with E-state index in [2.05, 4.69) is 24.1 Å². The standard InChI is InChI=1S/C19H22FN5.C2H6/c1-12-13(2)19(24-10-8-21-9-11-24)23-25-14(3)17(22-18(12)25)15-4-6-16(20)7-5-15;1-2/h4-7,21H,8-11H2,1-3H3;1-2H3. The van der Waals surface area contributed by atoms with Crippen LogP contribution in [0.25, 0.3) is 16.9 Å². The van der Waals surface area contributed by atoms with Crippen molar-refractivity contribution in [1.29, 1.82) is 0 Å². The molecule has 1 aliphatic heterocycles. The molecule has 0 spiro atoms. The summed E-state index contributed by atoms with van der Waals surface area (Å²) in [7, 11) is 0. The lowest BCUT2D eigenvalue weighted by atomic mass is 10.1. The summed E-state index contributed by atoms with van der Waals surface area (Å²) >= 11 is 0. The number of hydrogen-bond acceptors (Lipinski definition) is 4. The van der Waals surface area contributed by atoms with E-state index in [9.17, 15) is 4.39 Å². The molecule has 0 bridgehead atoms. The maximum absolute atomic E-state index is 13.2. The molecule has 1 N–H and O–H groups in total. The molecule has 0 unspecified atom stereocenters. The van der Waals surface area contributed by atoms with E-state index in [1.807, 2.05) is 25.3 Å². The van der Waals surface area contributed by atoms with Crippen LogP contribution in [-0.2, 0) is 0 Å². The van der Waals surface area contributed by atoms with Crippen LogP contribution in [0.5, 0.6) is 0 Å². The van der Waals surface area contributed by atoms with Gasteiger partial charge in [0, 0.05) is 42.9 Å². The number of aromatic nitrogens is 3. The van der Waals surface area contributed by atoms with Gasteiger partial charge >= 0.3 is 0 Å². The number of imidazole rings is 1. The minimum Gasteiger partial charge on any atom is -0.352 e. The lowest BCUT2D eigenvalue weighted by molar-refractivity contribution is 0.580. The van der Waals surface area contributed by atoms with E-state index in [1.54, 1.807) is 12.1 Å². The average Bonchev–Trinajstić information content (AvgIpc) is 3.04. The molecule has 2 aromatic heterocycles. The molecule has 3 aromatic rings. The summed E-state index contributed by atoms with van der Waals surface area (Å²) in [5, 5.41) is 8.28. The Morgan fingerprint density at radius 1 is 0.963 bits per heavy atom. The van der Waals surface area contributed by atoms with Gasteiger partial charge in [0.1, 0.15) is 5.82 Å². The third kappa shape index (κ3) is 3.54. The molecular weight excluding hydrogens is 341 g/mol. The van der Waals surface area contributed by atoms with E-state index in [-0.39, 0.29) is 5.82 Å². The average molecular weight is 369 g/mol. The number of nitrogens with one attached hydrogen (secondary N) is 1. The van der Waals surface area contributed by atoms with Crippen LogP contribution in [0.2, 0.25) is 0 Å². The van der Waals surface area contributed by atoms with Gasteiger partial charge < -0.3 is 10.2 Å². The number of rotatable bonds is 2. The Morgan fingerprint density at radius 3 is 2.22 bits per heavy atom. The predicted molar refractivity (Wildman–Crippen MR) is 109 cm³/mol. The second-order valence-electron chi connectivity index (χ2n) is 6.60. The van der Waals surface area contributed by atoms with Crippen molar-refractivity contribution in [3.8, 4) is 11.3 Å². The van der Waals surface area contributed by atoms with Crippen LogP contribution in [0.1, 0.15) is 30.7 Å². The van der Waals surface area contributed by atoms with Gasteiger partial charge in [0.25, 0.3) is 0 Å². The van der Waals surface area contributed by atoms with Gasteiger partial charge in [0.05, 0.1) is 11.4 Å². The molecule has 0 amide bonds. The summed E-state index contributed by atoms with van der Waals surface area (Å²) < 4.78 is 15.2. The van der Waals surface area contributed by atoms with Gasteiger partial charge in [-0.3, -0.25) is 0 Å². The van der Waals surface area contributed by atoms with Gasteiger partial charge in [-0.25, -0.2) is 13.9 Å². The zero-order valence-corrected chi connectivity index (χ0v) is 16.8. The number of anilines is 1. The highest BCUT2D eigenvalue weighted by atomic mass is 19.1. The third-order valence-corrected chi connectivity index (χ3v) is 5.04. The van der Waals surface area contributed by atoms with E-state index < -0.39 is 0 Å². The molecule has 0 aliphatic carbocycles. The molecule has 6 heteroatoms. The number of halogens is 1. The molecule has 0 radical (unpaired) electrons. The summed E-state index contributed by atoms with van der Waals surface area (Å²) in [6.07, 6.45) is 0. The van der Waals surface area contributed by atoms with E-state index in [1.165, 1.54) is 17.7 Å². The van der Waals surface area contributed by atoms with Gasteiger partial charge in [-0.15, -0.1) is 5.10 Å². The summed E-state index contributed by atoms with van der Waals surface area (Å²) in [4.78, 5) is 7.13. The highest BCUT2D eigenvalue weighted by Gasteiger charge is 2.20. The van der Waals surface area contributed by atoms with Crippen LogP contribution in [0, 0.1) is 26.6 Å². The van der Waals surface area contributed by atoms with Crippen molar-refractivity contribution in [2.75, 3.05) is 31.1 Å². The molecule has 27 heavy (non-hydrogen) atoms. The Labute approximate surface area is 160 Å². The number of hydrogen-bond donors (Lipinski definition) is 1. The molecule has 0 saturated carbocycles. The van der Waals surface area contributed by atoms with Crippen molar-refractivity contribution in [1.82, 2.24) is 19.9 Å². The molecule has 1 saturated heterocycles. The van der Waals surface area contributed by atoms with Gasteiger partial charge in [-0.1, -0.05) is 13.8 Å². The SMILES string of the molecule is CC.Cc1c(N2CCNCC2)nn2c(C)c(-c3ccc(F)cc3)nc2c1C. The van der Waals surface area contributed by atoms with Gasteiger partial charge in [-0.2, -0.15) is 0 Å². The van der Waals surface area contributed by atoms with Crippen molar-refractivity contribution in [3.63, 3.8) is 0 Å². The highest BCUT2D eigenvalue weighted by Crippen LogP contribution is 2.29. The number of fused-ring (bicyclic) bond motifs is 1. The van der Waals surface area contributed by atoms with Crippen LogP contribution in [0.3, 0.4) is 0 Å². The molecule has 1 aromatic carbocycles. The lowest BCUT2D eigenvalue weighted by Crippen LogP contribution is -2.44. The predicted octanol–water partition coefficient (Wildman–Crippen LogP) is 3.90. The quantitative estimate of drug-likeness (QED) is 0.744. The van der Waals surface area contributed by atoms with E-state index in [0.29, 0.717) is 0 Å². The smallest absolute Gasteiger partial charge is 0.157 e. The normalized spacial score (nSPS) is 14.2. The van der Waals surface area contributed by atoms with Crippen LogP contribution < -0.4 is 10.2 Å². The second-order valence-corrected chi connectivity index (χ2v) is 6.60. The minimum atomic E-state index is -0.240. The Bertz CT molecular complexity index is 924. The monoisotopic (exact) mass is 369 g/mol. The van der Waals surface area contributed by atoms with E-state index in [4.69, 9.17) is 10.1 Å². The lowest BCUT2D eigenvalue weighted by Gasteiger charge is -2.30. The summed E-state index contributed by atoms with van der Waals surface area (Å²) in [5.41, 5.74) is 5.91. The van der Waals surface area contributed by atoms with Crippen LogP contribution in [-0.4, -0.2) is 40.8 Å². The molecule has 5 nitrogen and oxygen atoms in total. The van der Waals surface area contributed by atoms with Crippen molar-refractivity contribution in [3.05, 3.63) is 46.9 Å².